The SMILES string of the molecule is C=C/C(=C\C=C(/C)Cl)C1=NNCC1. The molecule has 2 nitrogen and oxygen atoms in total. The van der Waals surface area contributed by atoms with Crippen molar-refractivity contribution < 1.29 is 0 Å². The van der Waals surface area contributed by atoms with Gasteiger partial charge < -0.3 is 5.43 Å². The van der Waals surface area contributed by atoms with Crippen LogP contribution >= 0.6 is 11.6 Å². The van der Waals surface area contributed by atoms with Crippen LogP contribution in [-0.4, -0.2) is 12.3 Å². The third-order valence-electron chi connectivity index (χ3n) is 1.73. The topological polar surface area (TPSA) is 24.4 Å². The number of rotatable bonds is 3. The van der Waals surface area contributed by atoms with Crippen LogP contribution in [0, 0.1) is 0 Å². The highest BCUT2D eigenvalue weighted by Gasteiger charge is 2.07. The molecule has 0 aromatic heterocycles. The van der Waals surface area contributed by atoms with Crippen LogP contribution in [0.4, 0.5) is 0 Å². The van der Waals surface area contributed by atoms with E-state index in [9.17, 15) is 0 Å². The van der Waals surface area contributed by atoms with Crippen LogP contribution in [0.25, 0.3) is 0 Å². The first kappa shape index (κ1) is 10.1. The zero-order chi connectivity index (χ0) is 9.68. The largest absolute Gasteiger partial charge is 0.309 e. The zero-order valence-corrected chi connectivity index (χ0v) is 8.43. The molecule has 1 N–H and O–H groups in total. The Hall–Kier alpha value is -1.02. The lowest BCUT2D eigenvalue weighted by Crippen LogP contribution is -1.97. The lowest BCUT2D eigenvalue weighted by molar-refractivity contribution is 0.813. The van der Waals surface area contributed by atoms with Gasteiger partial charge in [0.2, 0.25) is 0 Å². The minimum atomic E-state index is 0.755. The van der Waals surface area contributed by atoms with E-state index in [1.165, 1.54) is 0 Å². The van der Waals surface area contributed by atoms with E-state index < -0.39 is 0 Å². The molecule has 0 saturated carbocycles. The van der Waals surface area contributed by atoms with Gasteiger partial charge in [0.15, 0.2) is 0 Å². The maximum atomic E-state index is 5.71. The first-order valence-corrected chi connectivity index (χ1v) is 4.58. The number of nitrogens with one attached hydrogen (secondary N) is 1. The van der Waals surface area contributed by atoms with Crippen molar-refractivity contribution in [1.29, 1.82) is 0 Å². The van der Waals surface area contributed by atoms with Crippen LogP contribution in [0.1, 0.15) is 13.3 Å². The van der Waals surface area contributed by atoms with E-state index in [2.05, 4.69) is 17.1 Å². The van der Waals surface area contributed by atoms with Gasteiger partial charge in [-0.05, 0) is 18.6 Å². The highest BCUT2D eigenvalue weighted by molar-refractivity contribution is 6.29. The Kier molecular flexibility index (Phi) is 3.77. The quantitative estimate of drug-likeness (QED) is 0.690. The van der Waals surface area contributed by atoms with Crippen LogP contribution in [0.3, 0.4) is 0 Å². The maximum absolute atomic E-state index is 5.71. The molecule has 1 aliphatic rings. The summed E-state index contributed by atoms with van der Waals surface area (Å²) in [6.45, 7) is 6.48. The third kappa shape index (κ3) is 3.07. The molecule has 0 saturated heterocycles. The lowest BCUT2D eigenvalue weighted by Gasteiger charge is -1.97. The Labute approximate surface area is 83.7 Å². The number of allylic oxidation sites excluding steroid dienone is 5. The Bertz CT molecular complexity index is 283. The Morgan fingerprint density at radius 2 is 2.38 bits per heavy atom. The summed E-state index contributed by atoms with van der Waals surface area (Å²) in [5.41, 5.74) is 5.00. The fourth-order valence-corrected chi connectivity index (χ4v) is 1.14. The van der Waals surface area contributed by atoms with Gasteiger partial charge in [0.1, 0.15) is 0 Å². The van der Waals surface area contributed by atoms with Crippen molar-refractivity contribution in [3.8, 4) is 0 Å². The molecule has 0 spiro atoms. The van der Waals surface area contributed by atoms with Gasteiger partial charge in [0, 0.05) is 18.0 Å². The first-order chi connectivity index (χ1) is 6.24. The second-order valence-corrected chi connectivity index (χ2v) is 3.39. The zero-order valence-electron chi connectivity index (χ0n) is 7.68. The van der Waals surface area contributed by atoms with E-state index >= 15 is 0 Å². The fourth-order valence-electron chi connectivity index (χ4n) is 1.08. The van der Waals surface area contributed by atoms with Gasteiger partial charge in [-0.1, -0.05) is 30.3 Å². The van der Waals surface area contributed by atoms with Crippen molar-refractivity contribution in [1.82, 2.24) is 5.43 Å². The number of hydrogen-bond acceptors (Lipinski definition) is 2. The van der Waals surface area contributed by atoms with Crippen LogP contribution in [0.2, 0.25) is 0 Å². The van der Waals surface area contributed by atoms with E-state index in [1.807, 2.05) is 19.1 Å². The summed E-state index contributed by atoms with van der Waals surface area (Å²) in [6, 6.07) is 0. The minimum absolute atomic E-state index is 0.755. The highest BCUT2D eigenvalue weighted by atomic mass is 35.5. The molecule has 0 unspecified atom stereocenters. The van der Waals surface area contributed by atoms with Crippen molar-refractivity contribution in [2.75, 3.05) is 6.54 Å². The molecule has 0 radical (unpaired) electrons. The molecule has 70 valence electrons. The highest BCUT2D eigenvalue weighted by Crippen LogP contribution is 2.09. The Morgan fingerprint density at radius 3 is 2.85 bits per heavy atom. The van der Waals surface area contributed by atoms with Gasteiger partial charge in [-0.2, -0.15) is 5.10 Å². The molecule has 1 aliphatic heterocycles. The Morgan fingerprint density at radius 1 is 1.62 bits per heavy atom. The summed E-state index contributed by atoms with van der Waals surface area (Å²) < 4.78 is 0. The second-order valence-electron chi connectivity index (χ2n) is 2.80. The van der Waals surface area contributed by atoms with Gasteiger partial charge in [0.25, 0.3) is 0 Å². The summed E-state index contributed by atoms with van der Waals surface area (Å²) in [7, 11) is 0. The maximum Gasteiger partial charge on any atom is 0.0693 e. The number of hydrogen-bond donors (Lipinski definition) is 1. The molecule has 0 fully saturated rings. The molecule has 1 rings (SSSR count). The van der Waals surface area contributed by atoms with Crippen molar-refractivity contribution in [2.24, 2.45) is 5.10 Å². The van der Waals surface area contributed by atoms with Crippen molar-refractivity contribution >= 4 is 17.3 Å². The summed E-state index contributed by atoms with van der Waals surface area (Å²) in [5.74, 6) is 0. The lowest BCUT2D eigenvalue weighted by atomic mass is 10.1. The fraction of sp³-hybridized carbons (Fsp3) is 0.300. The summed E-state index contributed by atoms with van der Waals surface area (Å²) in [5, 5.41) is 4.90. The molecule has 1 heterocycles. The predicted octanol–water partition coefficient (Wildman–Crippen LogP) is 2.59. The number of hydrazone groups is 1. The van der Waals surface area contributed by atoms with Gasteiger partial charge in [-0.15, -0.1) is 0 Å². The third-order valence-corrected chi connectivity index (χ3v) is 1.86. The molecular formula is C10H13ClN2. The normalized spacial score (nSPS) is 18.2. The van der Waals surface area contributed by atoms with Gasteiger partial charge >= 0.3 is 0 Å². The Balaban J connectivity index is 2.77. The minimum Gasteiger partial charge on any atom is -0.309 e. The van der Waals surface area contributed by atoms with Crippen LogP contribution in [-0.2, 0) is 0 Å². The van der Waals surface area contributed by atoms with E-state index in [1.54, 1.807) is 6.08 Å². The van der Waals surface area contributed by atoms with Crippen LogP contribution < -0.4 is 5.43 Å². The predicted molar refractivity (Wildman–Crippen MR) is 57.9 cm³/mol. The summed E-state index contributed by atoms with van der Waals surface area (Å²) >= 11 is 5.71. The monoisotopic (exact) mass is 196 g/mol. The van der Waals surface area contributed by atoms with E-state index in [0.717, 1.165) is 29.3 Å². The smallest absolute Gasteiger partial charge is 0.0693 e. The molecular weight excluding hydrogens is 184 g/mol. The van der Waals surface area contributed by atoms with Crippen molar-refractivity contribution in [3.05, 3.63) is 35.4 Å². The number of halogens is 1. The van der Waals surface area contributed by atoms with E-state index in [4.69, 9.17) is 11.6 Å². The molecule has 3 heteroatoms. The van der Waals surface area contributed by atoms with Gasteiger partial charge in [-0.3, -0.25) is 0 Å². The van der Waals surface area contributed by atoms with Gasteiger partial charge in [-0.25, -0.2) is 0 Å². The standard InChI is InChI=1S/C10H13ClN2/c1-3-9(5-4-8(2)11)10-6-7-12-13-10/h3-5,12H,1,6-7H2,2H3/b8-4+,9-5+. The second kappa shape index (κ2) is 4.87. The average Bonchev–Trinajstić information content (AvgIpc) is 2.58. The molecule has 0 aliphatic carbocycles. The van der Waals surface area contributed by atoms with Crippen molar-refractivity contribution in [2.45, 2.75) is 13.3 Å². The van der Waals surface area contributed by atoms with E-state index in [-0.39, 0.29) is 0 Å². The van der Waals surface area contributed by atoms with Crippen molar-refractivity contribution in [3.63, 3.8) is 0 Å². The number of nitrogens with zero attached hydrogens (tertiary/aromatic N) is 1. The van der Waals surface area contributed by atoms with Crippen LogP contribution in [0.15, 0.2) is 40.5 Å². The molecule has 13 heavy (non-hydrogen) atoms. The first-order valence-electron chi connectivity index (χ1n) is 4.20. The molecule has 0 atom stereocenters. The summed E-state index contributed by atoms with van der Waals surface area (Å²) in [6.07, 6.45) is 6.52. The van der Waals surface area contributed by atoms with Gasteiger partial charge in [0.05, 0.1) is 5.71 Å². The van der Waals surface area contributed by atoms with Crippen LogP contribution in [0.5, 0.6) is 0 Å². The summed E-state index contributed by atoms with van der Waals surface area (Å²) in [4.78, 5) is 0. The average molecular weight is 197 g/mol. The molecule has 0 amide bonds. The molecule has 0 aromatic rings. The van der Waals surface area contributed by atoms with E-state index in [0.29, 0.717) is 0 Å². The molecule has 0 bridgehead atoms. The molecule has 0 aromatic carbocycles.